The molecular weight excluding hydrogens is 279 g/mol. The van der Waals surface area contributed by atoms with E-state index in [1.54, 1.807) is 25.3 Å². The fraction of sp³-hybridized carbons (Fsp3) is 0.0769. The summed E-state index contributed by atoms with van der Waals surface area (Å²) in [5.74, 6) is 0.721. The van der Waals surface area contributed by atoms with Gasteiger partial charge in [-0.05, 0) is 30.3 Å². The lowest BCUT2D eigenvalue weighted by Crippen LogP contribution is -1.88. The van der Waals surface area contributed by atoms with Crippen molar-refractivity contribution >= 4 is 34.8 Å². The number of hydrogen-bond acceptors (Lipinski definition) is 1. The molecule has 4 heteroatoms. The molecule has 88 valence electrons. The average Bonchev–Trinajstić information content (AvgIpc) is 2.29. The fourth-order valence-corrected chi connectivity index (χ4v) is 2.28. The van der Waals surface area contributed by atoms with Crippen LogP contribution in [0.25, 0.3) is 11.1 Å². The maximum Gasteiger partial charge on any atom is 0.126 e. The fourth-order valence-electron chi connectivity index (χ4n) is 1.60. The van der Waals surface area contributed by atoms with Gasteiger partial charge in [0.2, 0.25) is 0 Å². The molecule has 1 nitrogen and oxygen atoms in total. The van der Waals surface area contributed by atoms with Crippen molar-refractivity contribution in [1.82, 2.24) is 0 Å². The van der Waals surface area contributed by atoms with Gasteiger partial charge in [-0.3, -0.25) is 0 Å². The summed E-state index contributed by atoms with van der Waals surface area (Å²) in [6.45, 7) is 0. The van der Waals surface area contributed by atoms with E-state index in [-0.39, 0.29) is 0 Å². The largest absolute Gasteiger partial charge is 0.496 e. The zero-order valence-corrected chi connectivity index (χ0v) is 11.3. The molecule has 0 fully saturated rings. The Labute approximate surface area is 115 Å². The molecule has 0 unspecified atom stereocenters. The van der Waals surface area contributed by atoms with Crippen LogP contribution in [0.3, 0.4) is 0 Å². The van der Waals surface area contributed by atoms with Gasteiger partial charge in [0, 0.05) is 21.2 Å². The summed E-state index contributed by atoms with van der Waals surface area (Å²) in [6.07, 6.45) is 0. The number of rotatable bonds is 2. The van der Waals surface area contributed by atoms with Gasteiger partial charge >= 0.3 is 0 Å². The van der Waals surface area contributed by atoms with Crippen LogP contribution in [-0.2, 0) is 0 Å². The molecular formula is C13H9Cl3O. The standard InChI is InChI=1S/C13H9Cl3O/c1-17-13-5-3-8(14)6-11(13)10-4-2-9(15)7-12(10)16/h2-7H,1H3. The Morgan fingerprint density at radius 1 is 0.824 bits per heavy atom. The summed E-state index contributed by atoms with van der Waals surface area (Å²) < 4.78 is 5.29. The molecule has 0 atom stereocenters. The number of benzene rings is 2. The highest BCUT2D eigenvalue weighted by Crippen LogP contribution is 2.37. The van der Waals surface area contributed by atoms with Crippen LogP contribution in [0, 0.1) is 0 Å². The summed E-state index contributed by atoms with van der Waals surface area (Å²) in [4.78, 5) is 0. The predicted octanol–water partition coefficient (Wildman–Crippen LogP) is 5.32. The van der Waals surface area contributed by atoms with Crippen LogP contribution in [0.1, 0.15) is 0 Å². The Bertz CT molecular complexity index is 552. The smallest absolute Gasteiger partial charge is 0.126 e. The topological polar surface area (TPSA) is 9.23 Å². The molecule has 2 aromatic carbocycles. The first-order chi connectivity index (χ1) is 8.11. The van der Waals surface area contributed by atoms with E-state index in [2.05, 4.69) is 0 Å². The summed E-state index contributed by atoms with van der Waals surface area (Å²) in [5.41, 5.74) is 1.69. The van der Waals surface area contributed by atoms with E-state index < -0.39 is 0 Å². The lowest BCUT2D eigenvalue weighted by atomic mass is 10.0. The van der Waals surface area contributed by atoms with E-state index in [1.807, 2.05) is 18.2 Å². The minimum absolute atomic E-state index is 0.568. The number of halogens is 3. The first-order valence-corrected chi connectivity index (χ1v) is 6.04. The SMILES string of the molecule is COc1ccc(Cl)cc1-c1ccc(Cl)cc1Cl. The van der Waals surface area contributed by atoms with E-state index in [0.717, 1.165) is 16.9 Å². The van der Waals surface area contributed by atoms with Crippen LogP contribution in [0.15, 0.2) is 36.4 Å². The third-order valence-electron chi connectivity index (χ3n) is 2.38. The Kier molecular flexibility index (Phi) is 3.82. The van der Waals surface area contributed by atoms with Crippen molar-refractivity contribution < 1.29 is 4.74 Å². The van der Waals surface area contributed by atoms with Crippen LogP contribution in [0.5, 0.6) is 5.75 Å². The zero-order valence-electron chi connectivity index (χ0n) is 9.01. The first-order valence-electron chi connectivity index (χ1n) is 4.91. The van der Waals surface area contributed by atoms with Gasteiger partial charge in [-0.1, -0.05) is 40.9 Å². The highest BCUT2D eigenvalue weighted by molar-refractivity contribution is 6.36. The molecule has 0 amide bonds. The molecule has 0 saturated carbocycles. The molecule has 0 aliphatic rings. The zero-order chi connectivity index (χ0) is 12.4. The van der Waals surface area contributed by atoms with E-state index >= 15 is 0 Å². The van der Waals surface area contributed by atoms with Crippen molar-refractivity contribution in [3.05, 3.63) is 51.5 Å². The van der Waals surface area contributed by atoms with Crippen molar-refractivity contribution in [3.63, 3.8) is 0 Å². The predicted molar refractivity (Wildman–Crippen MR) is 73.5 cm³/mol. The lowest BCUT2D eigenvalue weighted by Gasteiger charge is -2.10. The Morgan fingerprint density at radius 2 is 1.47 bits per heavy atom. The van der Waals surface area contributed by atoms with Gasteiger partial charge < -0.3 is 4.74 Å². The highest BCUT2D eigenvalue weighted by atomic mass is 35.5. The Balaban J connectivity index is 2.62. The molecule has 0 N–H and O–H groups in total. The van der Waals surface area contributed by atoms with E-state index in [9.17, 15) is 0 Å². The summed E-state index contributed by atoms with van der Waals surface area (Å²) in [6, 6.07) is 10.7. The van der Waals surface area contributed by atoms with E-state index in [0.29, 0.717) is 15.1 Å². The molecule has 0 aliphatic carbocycles. The van der Waals surface area contributed by atoms with Gasteiger partial charge in [-0.15, -0.1) is 0 Å². The lowest BCUT2D eigenvalue weighted by molar-refractivity contribution is 0.416. The summed E-state index contributed by atoms with van der Waals surface area (Å²) >= 11 is 18.0. The average molecular weight is 288 g/mol. The second-order valence-corrected chi connectivity index (χ2v) is 4.75. The van der Waals surface area contributed by atoms with Crippen molar-refractivity contribution in [2.45, 2.75) is 0 Å². The molecule has 0 saturated heterocycles. The van der Waals surface area contributed by atoms with Gasteiger partial charge in [0.05, 0.1) is 12.1 Å². The van der Waals surface area contributed by atoms with Crippen LogP contribution in [0.4, 0.5) is 0 Å². The number of ether oxygens (including phenoxy) is 1. The van der Waals surface area contributed by atoms with Crippen molar-refractivity contribution in [2.24, 2.45) is 0 Å². The molecule has 0 bridgehead atoms. The normalized spacial score (nSPS) is 10.4. The minimum atomic E-state index is 0.568. The second kappa shape index (κ2) is 5.18. The van der Waals surface area contributed by atoms with Gasteiger partial charge in [0.25, 0.3) is 0 Å². The Morgan fingerprint density at radius 3 is 2.12 bits per heavy atom. The minimum Gasteiger partial charge on any atom is -0.496 e. The highest BCUT2D eigenvalue weighted by Gasteiger charge is 2.10. The molecule has 0 heterocycles. The first kappa shape index (κ1) is 12.6. The molecule has 0 aromatic heterocycles. The molecule has 0 spiro atoms. The monoisotopic (exact) mass is 286 g/mol. The van der Waals surface area contributed by atoms with Gasteiger partial charge in [0.1, 0.15) is 5.75 Å². The van der Waals surface area contributed by atoms with Crippen LogP contribution in [0.2, 0.25) is 15.1 Å². The van der Waals surface area contributed by atoms with Crippen LogP contribution >= 0.6 is 34.8 Å². The van der Waals surface area contributed by atoms with Gasteiger partial charge in [-0.2, -0.15) is 0 Å². The quantitative estimate of drug-likeness (QED) is 0.726. The van der Waals surface area contributed by atoms with E-state index in [1.165, 1.54) is 0 Å². The Hall–Kier alpha value is -0.890. The van der Waals surface area contributed by atoms with Gasteiger partial charge in [-0.25, -0.2) is 0 Å². The maximum absolute atomic E-state index is 6.16. The number of methoxy groups -OCH3 is 1. The van der Waals surface area contributed by atoms with Crippen molar-refractivity contribution in [1.29, 1.82) is 0 Å². The summed E-state index contributed by atoms with van der Waals surface area (Å²) in [7, 11) is 1.61. The molecule has 0 radical (unpaired) electrons. The van der Waals surface area contributed by atoms with E-state index in [4.69, 9.17) is 39.5 Å². The van der Waals surface area contributed by atoms with Crippen molar-refractivity contribution in [3.8, 4) is 16.9 Å². The number of hydrogen-bond donors (Lipinski definition) is 0. The molecule has 2 aromatic rings. The third-order valence-corrected chi connectivity index (χ3v) is 3.17. The molecule has 0 aliphatic heterocycles. The molecule has 17 heavy (non-hydrogen) atoms. The third kappa shape index (κ3) is 2.68. The van der Waals surface area contributed by atoms with Crippen LogP contribution < -0.4 is 4.74 Å². The van der Waals surface area contributed by atoms with Gasteiger partial charge in [0.15, 0.2) is 0 Å². The molecule has 2 rings (SSSR count). The second-order valence-electron chi connectivity index (χ2n) is 3.47. The van der Waals surface area contributed by atoms with Crippen LogP contribution in [-0.4, -0.2) is 7.11 Å². The maximum atomic E-state index is 6.16. The summed E-state index contributed by atoms with van der Waals surface area (Å²) in [5, 5.41) is 1.80. The van der Waals surface area contributed by atoms with Crippen molar-refractivity contribution in [2.75, 3.05) is 7.11 Å².